The molecule has 2 fully saturated rings. The van der Waals surface area contributed by atoms with Crippen molar-refractivity contribution >= 4 is 17.2 Å². The summed E-state index contributed by atoms with van der Waals surface area (Å²) < 4.78 is 10.9. The van der Waals surface area contributed by atoms with Crippen molar-refractivity contribution in [3.8, 4) is 22.9 Å². The predicted octanol–water partition coefficient (Wildman–Crippen LogP) is 1.93. The molecule has 9 heteroatoms. The van der Waals surface area contributed by atoms with E-state index in [4.69, 9.17) is 15.2 Å². The standard InChI is InChI=1S/C22H24N6O3/c1-30-20-10-15(6-7-24-20)28-9-8-27(12-22(28)13-31-14-22)18-11-17(25-26-21(18)23)16-4-2-3-5-19(16)29/h2-7,10-11,29H,8-9,12-14H2,1H3,(H2,23,26). The van der Waals surface area contributed by atoms with Crippen LogP contribution in [0.25, 0.3) is 11.3 Å². The summed E-state index contributed by atoms with van der Waals surface area (Å²) in [5.74, 6) is 1.12. The van der Waals surface area contributed by atoms with Gasteiger partial charge in [0.2, 0.25) is 5.88 Å². The summed E-state index contributed by atoms with van der Waals surface area (Å²) in [6.45, 7) is 3.51. The Bertz CT molecular complexity index is 1100. The van der Waals surface area contributed by atoms with Crippen molar-refractivity contribution in [2.24, 2.45) is 0 Å². The third kappa shape index (κ3) is 3.36. The van der Waals surface area contributed by atoms with Gasteiger partial charge in [-0.3, -0.25) is 0 Å². The average Bonchev–Trinajstić information content (AvgIpc) is 2.78. The Morgan fingerprint density at radius 3 is 2.71 bits per heavy atom. The minimum Gasteiger partial charge on any atom is -0.507 e. The summed E-state index contributed by atoms with van der Waals surface area (Å²) in [7, 11) is 1.62. The van der Waals surface area contributed by atoms with Gasteiger partial charge in [0.25, 0.3) is 0 Å². The second-order valence-corrected chi connectivity index (χ2v) is 7.86. The summed E-state index contributed by atoms with van der Waals surface area (Å²) in [6.07, 6.45) is 1.76. The molecule has 1 aromatic carbocycles. The van der Waals surface area contributed by atoms with E-state index in [9.17, 15) is 5.11 Å². The first-order valence-electron chi connectivity index (χ1n) is 10.1. The number of aromatic hydroxyl groups is 1. The minimum atomic E-state index is -0.171. The van der Waals surface area contributed by atoms with E-state index in [1.807, 2.05) is 30.3 Å². The first kappa shape index (κ1) is 19.4. The number of rotatable bonds is 4. The number of aromatic nitrogens is 3. The molecule has 5 rings (SSSR count). The van der Waals surface area contributed by atoms with E-state index < -0.39 is 0 Å². The molecule has 1 spiro atoms. The van der Waals surface area contributed by atoms with E-state index in [1.54, 1.807) is 25.4 Å². The van der Waals surface area contributed by atoms with Gasteiger partial charge in [0.1, 0.15) is 11.3 Å². The fourth-order valence-corrected chi connectivity index (χ4v) is 4.32. The molecular weight excluding hydrogens is 396 g/mol. The van der Waals surface area contributed by atoms with Crippen molar-refractivity contribution in [3.63, 3.8) is 0 Å². The summed E-state index contributed by atoms with van der Waals surface area (Å²) in [5.41, 5.74) is 9.13. The first-order valence-corrected chi connectivity index (χ1v) is 10.1. The number of methoxy groups -OCH3 is 1. The molecule has 0 amide bonds. The zero-order valence-corrected chi connectivity index (χ0v) is 17.2. The highest BCUT2D eigenvalue weighted by Crippen LogP contribution is 2.38. The summed E-state index contributed by atoms with van der Waals surface area (Å²) >= 11 is 0. The number of phenolic OH excluding ortho intramolecular Hbond substituents is 1. The first-order chi connectivity index (χ1) is 15.1. The third-order valence-electron chi connectivity index (χ3n) is 5.95. The Morgan fingerprint density at radius 1 is 1.13 bits per heavy atom. The van der Waals surface area contributed by atoms with E-state index >= 15 is 0 Å². The van der Waals surface area contributed by atoms with Crippen LogP contribution < -0.4 is 20.3 Å². The maximum atomic E-state index is 10.2. The van der Waals surface area contributed by atoms with Crippen molar-refractivity contribution in [3.05, 3.63) is 48.7 Å². The van der Waals surface area contributed by atoms with Gasteiger partial charge in [0, 0.05) is 43.1 Å². The van der Waals surface area contributed by atoms with Gasteiger partial charge in [-0.2, -0.15) is 0 Å². The van der Waals surface area contributed by atoms with Gasteiger partial charge in [-0.25, -0.2) is 4.98 Å². The van der Waals surface area contributed by atoms with Crippen LogP contribution in [0.15, 0.2) is 48.7 Å². The van der Waals surface area contributed by atoms with Gasteiger partial charge in [0.15, 0.2) is 5.82 Å². The Hall–Kier alpha value is -3.59. The number of nitrogens with zero attached hydrogens (tertiary/aromatic N) is 5. The van der Waals surface area contributed by atoms with Gasteiger partial charge in [-0.05, 0) is 24.3 Å². The molecule has 0 bridgehead atoms. The van der Waals surface area contributed by atoms with Gasteiger partial charge in [0.05, 0.1) is 31.7 Å². The van der Waals surface area contributed by atoms with E-state index in [2.05, 4.69) is 25.0 Å². The second-order valence-electron chi connectivity index (χ2n) is 7.86. The molecule has 0 aliphatic carbocycles. The lowest BCUT2D eigenvalue weighted by atomic mass is 9.90. The lowest BCUT2D eigenvalue weighted by Gasteiger charge is -2.56. The highest BCUT2D eigenvalue weighted by molar-refractivity contribution is 5.74. The highest BCUT2D eigenvalue weighted by Gasteiger charge is 2.48. The van der Waals surface area contributed by atoms with Crippen LogP contribution >= 0.6 is 0 Å². The molecule has 2 saturated heterocycles. The molecule has 31 heavy (non-hydrogen) atoms. The number of nitrogens with two attached hydrogens (primary N) is 1. The molecule has 2 aliphatic heterocycles. The maximum absolute atomic E-state index is 10.2. The number of hydrogen-bond donors (Lipinski definition) is 2. The number of phenols is 1. The lowest BCUT2D eigenvalue weighted by Crippen LogP contribution is -2.72. The van der Waals surface area contributed by atoms with Gasteiger partial charge in [-0.1, -0.05) is 12.1 Å². The quantitative estimate of drug-likeness (QED) is 0.654. The molecule has 2 aromatic heterocycles. The number of ether oxygens (including phenoxy) is 2. The number of para-hydroxylation sites is 1. The van der Waals surface area contributed by atoms with Crippen molar-refractivity contribution in [2.45, 2.75) is 5.54 Å². The van der Waals surface area contributed by atoms with E-state index in [0.29, 0.717) is 36.2 Å². The molecule has 3 N–H and O–H groups in total. The molecular formula is C22H24N6O3. The molecule has 0 saturated carbocycles. The van der Waals surface area contributed by atoms with Crippen molar-refractivity contribution in [1.29, 1.82) is 0 Å². The fourth-order valence-electron chi connectivity index (χ4n) is 4.32. The summed E-state index contributed by atoms with van der Waals surface area (Å²) in [4.78, 5) is 8.82. The Morgan fingerprint density at radius 2 is 1.97 bits per heavy atom. The molecule has 0 radical (unpaired) electrons. The molecule has 0 unspecified atom stereocenters. The Labute approximate surface area is 180 Å². The van der Waals surface area contributed by atoms with Crippen molar-refractivity contribution < 1.29 is 14.6 Å². The van der Waals surface area contributed by atoms with Crippen molar-refractivity contribution in [2.75, 3.05) is 55.5 Å². The SMILES string of the molecule is COc1cc(N2CCN(c3cc(-c4ccccc4O)nnc3N)CC23COC3)ccn1. The van der Waals surface area contributed by atoms with Crippen LogP contribution in [0, 0.1) is 0 Å². The Balaban J connectivity index is 1.46. The van der Waals surface area contributed by atoms with Gasteiger partial charge < -0.3 is 30.1 Å². The topological polar surface area (TPSA) is 110 Å². The molecule has 0 atom stereocenters. The number of hydrogen-bond acceptors (Lipinski definition) is 9. The largest absolute Gasteiger partial charge is 0.507 e. The van der Waals surface area contributed by atoms with Gasteiger partial charge in [-0.15, -0.1) is 10.2 Å². The summed E-state index contributed by atoms with van der Waals surface area (Å²) in [6, 6.07) is 12.9. The molecule has 160 valence electrons. The van der Waals surface area contributed by atoms with Crippen LogP contribution in [0.3, 0.4) is 0 Å². The predicted molar refractivity (Wildman–Crippen MR) is 117 cm³/mol. The smallest absolute Gasteiger partial charge is 0.214 e. The fraction of sp³-hybridized carbons (Fsp3) is 0.318. The van der Waals surface area contributed by atoms with Crippen LogP contribution in [-0.2, 0) is 4.74 Å². The molecule has 3 aromatic rings. The summed E-state index contributed by atoms with van der Waals surface area (Å²) in [5, 5.41) is 18.6. The minimum absolute atomic E-state index is 0.160. The number of pyridine rings is 1. The third-order valence-corrected chi connectivity index (χ3v) is 5.95. The molecule has 9 nitrogen and oxygen atoms in total. The maximum Gasteiger partial charge on any atom is 0.214 e. The van der Waals surface area contributed by atoms with Crippen molar-refractivity contribution in [1.82, 2.24) is 15.2 Å². The normalized spacial score (nSPS) is 17.5. The molecule has 2 aliphatic rings. The van der Waals surface area contributed by atoms with Crippen LogP contribution in [0.2, 0.25) is 0 Å². The van der Waals surface area contributed by atoms with Crippen LogP contribution in [0.5, 0.6) is 11.6 Å². The van der Waals surface area contributed by atoms with Crippen LogP contribution in [0.4, 0.5) is 17.2 Å². The second kappa shape index (κ2) is 7.59. The highest BCUT2D eigenvalue weighted by atomic mass is 16.5. The number of piperazine rings is 1. The number of nitrogen functional groups attached to an aromatic ring is 1. The van der Waals surface area contributed by atoms with Gasteiger partial charge >= 0.3 is 0 Å². The lowest BCUT2D eigenvalue weighted by molar-refractivity contribution is -0.0574. The number of benzene rings is 1. The van der Waals surface area contributed by atoms with Crippen LogP contribution in [0.1, 0.15) is 0 Å². The zero-order valence-electron chi connectivity index (χ0n) is 17.2. The zero-order chi connectivity index (χ0) is 21.4. The van der Waals surface area contributed by atoms with E-state index in [-0.39, 0.29) is 11.3 Å². The Kier molecular flexibility index (Phi) is 4.74. The van der Waals surface area contributed by atoms with E-state index in [0.717, 1.165) is 31.0 Å². The number of anilines is 3. The van der Waals surface area contributed by atoms with Crippen LogP contribution in [-0.4, -0.2) is 65.8 Å². The monoisotopic (exact) mass is 420 g/mol. The van der Waals surface area contributed by atoms with E-state index in [1.165, 1.54) is 0 Å². The molecule has 4 heterocycles. The average molecular weight is 420 g/mol.